The Kier molecular flexibility index (Phi) is 7.13. The maximum atomic E-state index is 5.59. The first-order chi connectivity index (χ1) is 8.72. The third kappa shape index (κ3) is 4.50. The molecule has 0 aliphatic carbocycles. The largest absolute Gasteiger partial charge is 0.492 e. The molecule has 0 radical (unpaired) electrons. The van der Waals surface area contributed by atoms with Gasteiger partial charge in [0.05, 0.1) is 18.2 Å². The molecule has 1 aromatic rings. The molecule has 0 aliphatic heterocycles. The van der Waals surface area contributed by atoms with E-state index in [1.54, 1.807) is 7.11 Å². The maximum absolute atomic E-state index is 5.59. The Balaban J connectivity index is 2.74. The summed E-state index contributed by atoms with van der Waals surface area (Å²) in [5.41, 5.74) is 1.20. The summed E-state index contributed by atoms with van der Waals surface area (Å²) in [4.78, 5) is 0. The van der Waals surface area contributed by atoms with Gasteiger partial charge in [0, 0.05) is 6.54 Å². The number of methoxy groups -OCH3 is 1. The zero-order valence-electron chi connectivity index (χ0n) is 11.4. The van der Waals surface area contributed by atoms with Gasteiger partial charge in [0.2, 0.25) is 0 Å². The molecule has 0 heterocycles. The summed E-state index contributed by atoms with van der Waals surface area (Å²) in [6.45, 7) is 6.70. The van der Waals surface area contributed by atoms with Crippen molar-refractivity contribution in [2.75, 3.05) is 20.3 Å². The van der Waals surface area contributed by atoms with Crippen LogP contribution in [0.3, 0.4) is 0 Å². The Morgan fingerprint density at radius 2 is 2.06 bits per heavy atom. The van der Waals surface area contributed by atoms with Gasteiger partial charge in [-0.15, -0.1) is 0 Å². The standard InChI is InChI=1S/C14H22BrNO2/c1-4-6-7-16-10-11-8-12(15)14(17-3)13(9-11)18-5-2/h8-9,16H,4-7,10H2,1-3H3. The molecule has 0 unspecified atom stereocenters. The van der Waals surface area contributed by atoms with Gasteiger partial charge in [-0.25, -0.2) is 0 Å². The molecule has 18 heavy (non-hydrogen) atoms. The first-order valence-electron chi connectivity index (χ1n) is 6.42. The van der Waals surface area contributed by atoms with E-state index in [0.717, 1.165) is 29.1 Å². The lowest BCUT2D eigenvalue weighted by Gasteiger charge is -2.13. The SMILES string of the molecule is CCCCNCc1cc(Br)c(OC)c(OCC)c1. The highest BCUT2D eigenvalue weighted by atomic mass is 79.9. The van der Waals surface area contributed by atoms with Crippen molar-refractivity contribution in [1.29, 1.82) is 0 Å². The zero-order valence-corrected chi connectivity index (χ0v) is 13.0. The monoisotopic (exact) mass is 315 g/mol. The molecule has 1 rings (SSSR count). The molecule has 1 aromatic carbocycles. The molecule has 0 fully saturated rings. The van der Waals surface area contributed by atoms with Crippen LogP contribution in [0.5, 0.6) is 11.5 Å². The van der Waals surface area contributed by atoms with Crippen LogP contribution in [0.15, 0.2) is 16.6 Å². The lowest BCUT2D eigenvalue weighted by molar-refractivity contribution is 0.309. The Labute approximate surface area is 118 Å². The molecule has 0 saturated heterocycles. The second-order valence-corrected chi connectivity index (χ2v) is 4.93. The van der Waals surface area contributed by atoms with E-state index in [0.29, 0.717) is 6.61 Å². The molecule has 0 spiro atoms. The molecule has 0 aromatic heterocycles. The topological polar surface area (TPSA) is 30.5 Å². The summed E-state index contributed by atoms with van der Waals surface area (Å²) in [5.74, 6) is 1.55. The number of nitrogens with one attached hydrogen (secondary N) is 1. The van der Waals surface area contributed by atoms with Gasteiger partial charge < -0.3 is 14.8 Å². The minimum absolute atomic E-state index is 0.634. The Hall–Kier alpha value is -0.740. The van der Waals surface area contributed by atoms with Crippen LogP contribution in [-0.2, 0) is 6.54 Å². The lowest BCUT2D eigenvalue weighted by atomic mass is 10.2. The zero-order chi connectivity index (χ0) is 13.4. The van der Waals surface area contributed by atoms with Crippen LogP contribution in [0.2, 0.25) is 0 Å². The summed E-state index contributed by atoms with van der Waals surface area (Å²) >= 11 is 3.52. The fourth-order valence-corrected chi connectivity index (χ4v) is 2.37. The van der Waals surface area contributed by atoms with E-state index in [-0.39, 0.29) is 0 Å². The number of unbranched alkanes of at least 4 members (excludes halogenated alkanes) is 1. The highest BCUT2D eigenvalue weighted by Gasteiger charge is 2.10. The summed E-state index contributed by atoms with van der Waals surface area (Å²) in [6, 6.07) is 4.10. The number of hydrogen-bond donors (Lipinski definition) is 1. The molecule has 102 valence electrons. The average molecular weight is 316 g/mol. The van der Waals surface area contributed by atoms with Gasteiger partial charge in [0.15, 0.2) is 11.5 Å². The van der Waals surface area contributed by atoms with Crippen LogP contribution in [0, 0.1) is 0 Å². The van der Waals surface area contributed by atoms with Crippen molar-refractivity contribution >= 4 is 15.9 Å². The van der Waals surface area contributed by atoms with Crippen LogP contribution >= 0.6 is 15.9 Å². The fourth-order valence-electron chi connectivity index (χ4n) is 1.72. The van der Waals surface area contributed by atoms with Crippen LogP contribution in [0.4, 0.5) is 0 Å². The molecule has 1 N–H and O–H groups in total. The minimum Gasteiger partial charge on any atom is -0.492 e. The fraction of sp³-hybridized carbons (Fsp3) is 0.571. The van der Waals surface area contributed by atoms with Gasteiger partial charge in [-0.2, -0.15) is 0 Å². The number of halogens is 1. The lowest BCUT2D eigenvalue weighted by Crippen LogP contribution is -2.14. The van der Waals surface area contributed by atoms with Crippen molar-refractivity contribution in [3.8, 4) is 11.5 Å². The third-order valence-electron chi connectivity index (χ3n) is 2.61. The summed E-state index contributed by atoms with van der Waals surface area (Å²) in [6.07, 6.45) is 2.42. The number of benzene rings is 1. The van der Waals surface area contributed by atoms with Crippen LogP contribution in [0.25, 0.3) is 0 Å². The van der Waals surface area contributed by atoms with Crippen molar-refractivity contribution in [2.24, 2.45) is 0 Å². The number of rotatable bonds is 8. The van der Waals surface area contributed by atoms with Gasteiger partial charge in [-0.05, 0) is 53.5 Å². The van der Waals surface area contributed by atoms with Crippen molar-refractivity contribution in [3.63, 3.8) is 0 Å². The molecule has 0 amide bonds. The number of ether oxygens (including phenoxy) is 2. The van der Waals surface area contributed by atoms with Crippen molar-refractivity contribution in [1.82, 2.24) is 5.32 Å². The third-order valence-corrected chi connectivity index (χ3v) is 3.20. The quantitative estimate of drug-likeness (QED) is 0.741. The molecular formula is C14H22BrNO2. The Morgan fingerprint density at radius 3 is 2.67 bits per heavy atom. The highest BCUT2D eigenvalue weighted by Crippen LogP contribution is 2.36. The summed E-state index contributed by atoms with van der Waals surface area (Å²) in [7, 11) is 1.65. The Bertz CT molecular complexity index is 369. The van der Waals surface area contributed by atoms with E-state index >= 15 is 0 Å². The number of hydrogen-bond acceptors (Lipinski definition) is 3. The molecule has 0 saturated carbocycles. The maximum Gasteiger partial charge on any atom is 0.174 e. The van der Waals surface area contributed by atoms with E-state index < -0.39 is 0 Å². The predicted octanol–water partition coefficient (Wildman–Crippen LogP) is 3.75. The summed E-state index contributed by atoms with van der Waals surface area (Å²) in [5, 5.41) is 3.42. The van der Waals surface area contributed by atoms with Crippen molar-refractivity contribution < 1.29 is 9.47 Å². The van der Waals surface area contributed by atoms with Crippen molar-refractivity contribution in [3.05, 3.63) is 22.2 Å². The second-order valence-electron chi connectivity index (χ2n) is 4.07. The van der Waals surface area contributed by atoms with Gasteiger partial charge >= 0.3 is 0 Å². The minimum atomic E-state index is 0.634. The Morgan fingerprint density at radius 1 is 1.28 bits per heavy atom. The normalized spacial score (nSPS) is 10.4. The molecule has 3 nitrogen and oxygen atoms in total. The molecule has 0 bridgehead atoms. The van der Waals surface area contributed by atoms with Gasteiger partial charge in [-0.1, -0.05) is 13.3 Å². The first-order valence-corrected chi connectivity index (χ1v) is 7.22. The van der Waals surface area contributed by atoms with E-state index in [4.69, 9.17) is 9.47 Å². The van der Waals surface area contributed by atoms with Crippen LogP contribution in [0.1, 0.15) is 32.3 Å². The van der Waals surface area contributed by atoms with E-state index in [9.17, 15) is 0 Å². The molecular weight excluding hydrogens is 294 g/mol. The van der Waals surface area contributed by atoms with Crippen LogP contribution in [-0.4, -0.2) is 20.3 Å². The van der Waals surface area contributed by atoms with Gasteiger partial charge in [0.25, 0.3) is 0 Å². The smallest absolute Gasteiger partial charge is 0.174 e. The van der Waals surface area contributed by atoms with Gasteiger partial charge in [0.1, 0.15) is 0 Å². The van der Waals surface area contributed by atoms with Crippen molar-refractivity contribution in [2.45, 2.75) is 33.2 Å². The molecule has 4 heteroatoms. The van der Waals surface area contributed by atoms with E-state index in [2.05, 4.69) is 34.2 Å². The second kappa shape index (κ2) is 8.38. The predicted molar refractivity (Wildman–Crippen MR) is 78.5 cm³/mol. The van der Waals surface area contributed by atoms with E-state index in [1.165, 1.54) is 18.4 Å². The van der Waals surface area contributed by atoms with Gasteiger partial charge in [-0.3, -0.25) is 0 Å². The van der Waals surface area contributed by atoms with Crippen LogP contribution < -0.4 is 14.8 Å². The molecule has 0 aliphatic rings. The highest BCUT2D eigenvalue weighted by molar-refractivity contribution is 9.10. The first kappa shape index (κ1) is 15.3. The summed E-state index contributed by atoms with van der Waals surface area (Å²) < 4.78 is 11.9. The average Bonchev–Trinajstić information content (AvgIpc) is 2.35. The van der Waals surface area contributed by atoms with E-state index in [1.807, 2.05) is 13.0 Å². The molecule has 0 atom stereocenters.